The van der Waals surface area contributed by atoms with Crippen molar-refractivity contribution >= 4 is 52.1 Å². The van der Waals surface area contributed by atoms with Crippen LogP contribution in [-0.4, -0.2) is 38.1 Å². The summed E-state index contributed by atoms with van der Waals surface area (Å²) < 4.78 is 2.32. The molecular weight excluding hydrogens is 420 g/mol. The zero-order valence-corrected chi connectivity index (χ0v) is 17.2. The molecule has 0 saturated heterocycles. The van der Waals surface area contributed by atoms with Gasteiger partial charge in [-0.05, 0) is 36.5 Å². The van der Waals surface area contributed by atoms with Gasteiger partial charge in [0.25, 0.3) is 5.91 Å². The van der Waals surface area contributed by atoms with Crippen molar-refractivity contribution in [2.24, 2.45) is 7.05 Å². The SMILES string of the molecule is Cn1c(Cc2csc(NC(=O)CCNC(=O)c3ccc(Cl)cc3)n2)n[nH]c1=S. The lowest BCUT2D eigenvalue weighted by Crippen LogP contribution is -2.27. The highest BCUT2D eigenvalue weighted by Gasteiger charge is 2.11. The molecule has 3 N–H and O–H groups in total. The molecule has 0 aliphatic heterocycles. The van der Waals surface area contributed by atoms with Gasteiger partial charge in [0.1, 0.15) is 5.82 Å². The van der Waals surface area contributed by atoms with Crippen LogP contribution in [0.1, 0.15) is 28.3 Å². The van der Waals surface area contributed by atoms with Crippen molar-refractivity contribution in [2.75, 3.05) is 11.9 Å². The van der Waals surface area contributed by atoms with Gasteiger partial charge in [-0.1, -0.05) is 11.6 Å². The maximum Gasteiger partial charge on any atom is 0.251 e. The molecule has 2 heterocycles. The van der Waals surface area contributed by atoms with Crippen LogP contribution in [-0.2, 0) is 18.3 Å². The number of aromatic amines is 1. The highest BCUT2D eigenvalue weighted by molar-refractivity contribution is 7.71. The summed E-state index contributed by atoms with van der Waals surface area (Å²) in [5.74, 6) is 0.280. The Bertz CT molecular complexity index is 1040. The molecule has 28 heavy (non-hydrogen) atoms. The molecule has 0 fully saturated rings. The van der Waals surface area contributed by atoms with Crippen LogP contribution in [0, 0.1) is 4.77 Å². The number of amides is 2. The molecule has 0 bridgehead atoms. The molecule has 0 aliphatic rings. The molecule has 8 nitrogen and oxygen atoms in total. The van der Waals surface area contributed by atoms with Crippen LogP contribution in [0.5, 0.6) is 0 Å². The first-order valence-electron chi connectivity index (χ1n) is 8.30. The predicted octanol–water partition coefficient (Wildman–Crippen LogP) is 2.94. The Morgan fingerprint density at radius 1 is 1.32 bits per heavy atom. The summed E-state index contributed by atoms with van der Waals surface area (Å²) in [4.78, 5) is 28.4. The Morgan fingerprint density at radius 3 is 2.75 bits per heavy atom. The number of halogens is 1. The van der Waals surface area contributed by atoms with Crippen LogP contribution < -0.4 is 10.6 Å². The van der Waals surface area contributed by atoms with Gasteiger partial charge in [-0.3, -0.25) is 14.7 Å². The lowest BCUT2D eigenvalue weighted by molar-refractivity contribution is -0.116. The van der Waals surface area contributed by atoms with Crippen molar-refractivity contribution in [2.45, 2.75) is 12.8 Å². The molecule has 3 rings (SSSR count). The summed E-state index contributed by atoms with van der Waals surface area (Å²) in [6, 6.07) is 6.54. The monoisotopic (exact) mass is 436 g/mol. The van der Waals surface area contributed by atoms with Gasteiger partial charge < -0.3 is 15.2 Å². The van der Waals surface area contributed by atoms with Crippen LogP contribution in [0.25, 0.3) is 0 Å². The topological polar surface area (TPSA) is 105 Å². The minimum Gasteiger partial charge on any atom is -0.352 e. The van der Waals surface area contributed by atoms with Crippen molar-refractivity contribution in [1.82, 2.24) is 25.1 Å². The molecule has 2 aromatic heterocycles. The number of aromatic nitrogens is 4. The number of benzene rings is 1. The van der Waals surface area contributed by atoms with E-state index in [9.17, 15) is 9.59 Å². The molecule has 2 amide bonds. The van der Waals surface area contributed by atoms with Crippen LogP contribution in [0.3, 0.4) is 0 Å². The van der Waals surface area contributed by atoms with Gasteiger partial charge in [-0.15, -0.1) is 11.3 Å². The standard InChI is InChI=1S/C17H17ClN6O2S2/c1-24-13(22-23-17(24)27)8-12-9-28-16(20-12)21-14(25)6-7-19-15(26)10-2-4-11(18)5-3-10/h2-5,9H,6-8H2,1H3,(H,19,26)(H,23,27)(H,20,21,25). The number of nitrogens with zero attached hydrogens (tertiary/aromatic N) is 3. The van der Waals surface area contributed by atoms with Crippen molar-refractivity contribution in [3.8, 4) is 0 Å². The second-order valence-corrected chi connectivity index (χ2v) is 7.57. The summed E-state index contributed by atoms with van der Waals surface area (Å²) in [6.07, 6.45) is 0.648. The van der Waals surface area contributed by atoms with E-state index in [0.717, 1.165) is 11.5 Å². The smallest absolute Gasteiger partial charge is 0.251 e. The minimum atomic E-state index is -0.256. The summed E-state index contributed by atoms with van der Waals surface area (Å²) in [6.45, 7) is 0.218. The summed E-state index contributed by atoms with van der Waals surface area (Å²) in [7, 11) is 1.83. The minimum absolute atomic E-state index is 0.141. The third-order valence-corrected chi connectivity index (χ3v) is 5.28. The zero-order chi connectivity index (χ0) is 20.1. The number of carbonyl (C=O) groups is 2. The van der Waals surface area contributed by atoms with Crippen LogP contribution in [0.2, 0.25) is 5.02 Å². The maximum absolute atomic E-state index is 12.1. The Balaban J connectivity index is 1.45. The second-order valence-electron chi connectivity index (χ2n) is 5.89. The van der Waals surface area contributed by atoms with Crippen LogP contribution in [0.4, 0.5) is 5.13 Å². The molecule has 3 aromatic rings. The average molecular weight is 437 g/mol. The highest BCUT2D eigenvalue weighted by Crippen LogP contribution is 2.17. The number of nitrogens with one attached hydrogen (secondary N) is 3. The van der Waals surface area contributed by atoms with Crippen molar-refractivity contribution in [1.29, 1.82) is 0 Å². The molecular formula is C17H17ClN6O2S2. The molecule has 146 valence electrons. The van der Waals surface area contributed by atoms with Gasteiger partial charge in [0.2, 0.25) is 5.91 Å². The van der Waals surface area contributed by atoms with E-state index in [1.807, 2.05) is 12.4 Å². The first kappa shape index (κ1) is 20.2. The summed E-state index contributed by atoms with van der Waals surface area (Å²) in [5, 5.41) is 15.2. The van der Waals surface area contributed by atoms with Gasteiger partial charge in [0.15, 0.2) is 9.90 Å². The largest absolute Gasteiger partial charge is 0.352 e. The number of H-pyrrole nitrogens is 1. The fourth-order valence-corrected chi connectivity index (χ4v) is 3.32. The lowest BCUT2D eigenvalue weighted by atomic mass is 10.2. The quantitative estimate of drug-likeness (QED) is 0.494. The zero-order valence-electron chi connectivity index (χ0n) is 14.9. The molecule has 11 heteroatoms. The lowest BCUT2D eigenvalue weighted by Gasteiger charge is -2.05. The van der Waals surface area contributed by atoms with Gasteiger partial charge in [-0.2, -0.15) is 5.10 Å². The fraction of sp³-hybridized carbons (Fsp3) is 0.235. The Labute approximate surface area is 175 Å². The third kappa shape index (κ3) is 5.24. The van der Waals surface area contributed by atoms with Gasteiger partial charge in [-0.25, -0.2) is 4.98 Å². The molecule has 0 saturated carbocycles. The molecule has 0 atom stereocenters. The van der Waals surface area contributed by atoms with E-state index >= 15 is 0 Å². The number of hydrogen-bond acceptors (Lipinski definition) is 6. The van der Waals surface area contributed by atoms with E-state index in [0.29, 0.717) is 26.9 Å². The number of rotatable bonds is 7. The molecule has 0 spiro atoms. The first-order chi connectivity index (χ1) is 13.4. The van der Waals surface area contributed by atoms with Crippen molar-refractivity contribution in [3.05, 3.63) is 56.5 Å². The molecule has 0 aliphatic carbocycles. The van der Waals surface area contributed by atoms with E-state index < -0.39 is 0 Å². The number of hydrogen-bond donors (Lipinski definition) is 3. The van der Waals surface area contributed by atoms with E-state index in [1.54, 1.807) is 28.8 Å². The van der Waals surface area contributed by atoms with Crippen molar-refractivity contribution in [3.63, 3.8) is 0 Å². The van der Waals surface area contributed by atoms with Crippen LogP contribution >= 0.6 is 35.2 Å². The van der Waals surface area contributed by atoms with Crippen LogP contribution in [0.15, 0.2) is 29.6 Å². The van der Waals surface area contributed by atoms with Gasteiger partial charge in [0.05, 0.1) is 12.1 Å². The molecule has 1 aromatic carbocycles. The Hall–Kier alpha value is -2.56. The Morgan fingerprint density at radius 2 is 2.07 bits per heavy atom. The van der Waals surface area contributed by atoms with Gasteiger partial charge >= 0.3 is 0 Å². The van der Waals surface area contributed by atoms with E-state index in [1.165, 1.54) is 11.3 Å². The average Bonchev–Trinajstić information content (AvgIpc) is 3.23. The molecule has 0 unspecified atom stereocenters. The first-order valence-corrected chi connectivity index (χ1v) is 9.97. The number of carbonyl (C=O) groups excluding carboxylic acids is 2. The summed E-state index contributed by atoms with van der Waals surface area (Å²) in [5.41, 5.74) is 1.27. The predicted molar refractivity (Wildman–Crippen MR) is 110 cm³/mol. The molecule has 0 radical (unpaired) electrons. The third-order valence-electron chi connectivity index (χ3n) is 3.85. The second kappa shape index (κ2) is 9.09. The van der Waals surface area contributed by atoms with E-state index in [-0.39, 0.29) is 24.8 Å². The summed E-state index contributed by atoms with van der Waals surface area (Å²) >= 11 is 12.2. The van der Waals surface area contributed by atoms with E-state index in [4.69, 9.17) is 23.8 Å². The normalized spacial score (nSPS) is 10.6. The van der Waals surface area contributed by atoms with Crippen molar-refractivity contribution < 1.29 is 9.59 Å². The maximum atomic E-state index is 12.1. The van der Waals surface area contributed by atoms with Gasteiger partial charge in [0, 0.05) is 36.0 Å². The number of thiazole rings is 1. The Kier molecular flexibility index (Phi) is 6.55. The van der Waals surface area contributed by atoms with E-state index in [2.05, 4.69) is 25.8 Å². The number of anilines is 1. The fourth-order valence-electron chi connectivity index (χ4n) is 2.32. The highest BCUT2D eigenvalue weighted by atomic mass is 35.5.